The van der Waals surface area contributed by atoms with Crippen LogP contribution in [0.15, 0.2) is 71.6 Å². The van der Waals surface area contributed by atoms with Crippen molar-refractivity contribution >= 4 is 11.8 Å². The van der Waals surface area contributed by atoms with Crippen LogP contribution in [-0.2, 0) is 11.2 Å². The molecular weight excluding hydrogens is 364 g/mol. The molecule has 6 nitrogen and oxygen atoms in total. The summed E-state index contributed by atoms with van der Waals surface area (Å²) in [6, 6.07) is 17.5. The lowest BCUT2D eigenvalue weighted by atomic mass is 10.0. The van der Waals surface area contributed by atoms with Gasteiger partial charge in [0.25, 0.3) is 0 Å². The van der Waals surface area contributed by atoms with Gasteiger partial charge in [-0.15, -0.1) is 0 Å². The zero-order valence-electron chi connectivity index (χ0n) is 16.2. The Labute approximate surface area is 168 Å². The predicted molar refractivity (Wildman–Crippen MR) is 111 cm³/mol. The number of amides is 1. The highest BCUT2D eigenvalue weighted by atomic mass is 16.5. The van der Waals surface area contributed by atoms with E-state index in [1.54, 1.807) is 12.3 Å². The minimum absolute atomic E-state index is 0.186. The van der Waals surface area contributed by atoms with Gasteiger partial charge < -0.3 is 4.52 Å². The number of hydrogen-bond acceptors (Lipinski definition) is 5. The normalized spacial score (nSPS) is 10.7. The van der Waals surface area contributed by atoms with Gasteiger partial charge in [-0.3, -0.25) is 10.1 Å². The molecule has 4 rings (SSSR count). The van der Waals surface area contributed by atoms with Crippen LogP contribution in [0.3, 0.4) is 0 Å². The van der Waals surface area contributed by atoms with E-state index in [2.05, 4.69) is 26.5 Å². The topological polar surface area (TPSA) is 80.9 Å². The molecule has 0 bridgehead atoms. The minimum atomic E-state index is -0.186. The monoisotopic (exact) mass is 384 g/mol. The Morgan fingerprint density at radius 1 is 1.03 bits per heavy atom. The number of rotatable bonds is 5. The number of anilines is 1. The lowest BCUT2D eigenvalue weighted by Gasteiger charge is -2.07. The molecule has 1 N–H and O–H groups in total. The maximum Gasteiger partial charge on any atom is 0.241 e. The van der Waals surface area contributed by atoms with E-state index < -0.39 is 0 Å². The molecule has 0 radical (unpaired) electrons. The number of nitrogens with zero attached hydrogens (tertiary/aromatic N) is 3. The molecule has 0 aliphatic rings. The van der Waals surface area contributed by atoms with Gasteiger partial charge in [0.2, 0.25) is 11.8 Å². The van der Waals surface area contributed by atoms with Gasteiger partial charge in [0, 0.05) is 11.8 Å². The summed E-state index contributed by atoms with van der Waals surface area (Å²) >= 11 is 0. The van der Waals surface area contributed by atoms with Crippen molar-refractivity contribution in [1.82, 2.24) is 15.1 Å². The number of hydrogen-bond donors (Lipinski definition) is 1. The Balaban J connectivity index is 1.73. The Kier molecular flexibility index (Phi) is 5.16. The maximum absolute atomic E-state index is 12.6. The van der Waals surface area contributed by atoms with Crippen molar-refractivity contribution in [2.75, 3.05) is 5.32 Å². The fourth-order valence-electron chi connectivity index (χ4n) is 3.31. The molecule has 2 aromatic carbocycles. The average molecular weight is 384 g/mol. The van der Waals surface area contributed by atoms with Crippen molar-refractivity contribution in [3.63, 3.8) is 0 Å². The third-order valence-corrected chi connectivity index (χ3v) is 4.49. The van der Waals surface area contributed by atoms with Gasteiger partial charge in [-0.25, -0.2) is 9.97 Å². The zero-order valence-corrected chi connectivity index (χ0v) is 16.2. The second-order valence-corrected chi connectivity index (χ2v) is 6.92. The standard InChI is InChI=1S/C23H20N4O2/c1-15-10-16(2)12-18(11-15)22-21(19-8-9-24-14-25-19)23(29-27-22)26-20(28)13-17-6-4-3-5-7-17/h3-12,14H,13H2,1-2H3,(H,26,28). The number of benzene rings is 2. The first-order valence-electron chi connectivity index (χ1n) is 9.28. The molecule has 0 spiro atoms. The molecule has 0 saturated carbocycles. The largest absolute Gasteiger partial charge is 0.337 e. The molecule has 2 heterocycles. The summed E-state index contributed by atoms with van der Waals surface area (Å²) < 4.78 is 5.55. The molecule has 0 aliphatic heterocycles. The number of aromatic nitrogens is 3. The third kappa shape index (κ3) is 4.21. The highest BCUT2D eigenvalue weighted by Gasteiger charge is 2.22. The molecule has 144 valence electrons. The molecule has 0 fully saturated rings. The summed E-state index contributed by atoms with van der Waals surface area (Å²) in [5.74, 6) is 0.0911. The lowest BCUT2D eigenvalue weighted by molar-refractivity contribution is -0.115. The van der Waals surface area contributed by atoms with E-state index in [1.807, 2.05) is 56.3 Å². The SMILES string of the molecule is Cc1cc(C)cc(-c2noc(NC(=O)Cc3ccccc3)c2-c2ccncn2)c1. The smallest absolute Gasteiger partial charge is 0.241 e. The van der Waals surface area contributed by atoms with E-state index in [4.69, 9.17) is 4.52 Å². The Morgan fingerprint density at radius 2 is 1.79 bits per heavy atom. The van der Waals surface area contributed by atoms with E-state index >= 15 is 0 Å². The van der Waals surface area contributed by atoms with Crippen molar-refractivity contribution in [2.24, 2.45) is 0 Å². The van der Waals surface area contributed by atoms with E-state index in [0.717, 1.165) is 22.3 Å². The second kappa shape index (κ2) is 8.06. The van der Waals surface area contributed by atoms with E-state index in [-0.39, 0.29) is 18.2 Å². The van der Waals surface area contributed by atoms with Gasteiger partial charge in [0.05, 0.1) is 17.7 Å². The van der Waals surface area contributed by atoms with Gasteiger partial charge in [0.1, 0.15) is 12.0 Å². The molecule has 0 aliphatic carbocycles. The van der Waals surface area contributed by atoms with Crippen LogP contribution >= 0.6 is 0 Å². The summed E-state index contributed by atoms with van der Waals surface area (Å²) in [5, 5.41) is 7.10. The van der Waals surface area contributed by atoms with Crippen molar-refractivity contribution in [3.05, 3.63) is 83.8 Å². The molecule has 0 unspecified atom stereocenters. The summed E-state index contributed by atoms with van der Waals surface area (Å²) in [7, 11) is 0. The first-order valence-corrected chi connectivity index (χ1v) is 9.28. The maximum atomic E-state index is 12.6. The average Bonchev–Trinajstić information content (AvgIpc) is 3.12. The zero-order chi connectivity index (χ0) is 20.2. The van der Waals surface area contributed by atoms with Crippen LogP contribution in [0, 0.1) is 13.8 Å². The fourth-order valence-corrected chi connectivity index (χ4v) is 3.31. The Morgan fingerprint density at radius 3 is 2.48 bits per heavy atom. The lowest BCUT2D eigenvalue weighted by Crippen LogP contribution is -2.14. The first-order chi connectivity index (χ1) is 14.1. The number of carbonyl (C=O) groups excluding carboxylic acids is 1. The number of carbonyl (C=O) groups is 1. The number of nitrogens with one attached hydrogen (secondary N) is 1. The highest BCUT2D eigenvalue weighted by molar-refractivity contribution is 5.97. The predicted octanol–water partition coefficient (Wildman–Crippen LogP) is 4.60. The summed E-state index contributed by atoms with van der Waals surface area (Å²) in [6.45, 7) is 4.06. The molecular formula is C23H20N4O2. The summed E-state index contributed by atoms with van der Waals surface area (Å²) in [6.07, 6.45) is 3.35. The first kappa shape index (κ1) is 18.6. The van der Waals surface area contributed by atoms with Gasteiger partial charge in [-0.2, -0.15) is 0 Å². The van der Waals surface area contributed by atoms with Gasteiger partial charge >= 0.3 is 0 Å². The van der Waals surface area contributed by atoms with Crippen molar-refractivity contribution in [2.45, 2.75) is 20.3 Å². The van der Waals surface area contributed by atoms with Gasteiger partial charge in [-0.05, 0) is 37.6 Å². The van der Waals surface area contributed by atoms with E-state index in [9.17, 15) is 4.79 Å². The summed E-state index contributed by atoms with van der Waals surface area (Å²) in [5.41, 5.74) is 5.96. The van der Waals surface area contributed by atoms with Crippen molar-refractivity contribution in [1.29, 1.82) is 0 Å². The van der Waals surface area contributed by atoms with Crippen LogP contribution in [0.4, 0.5) is 5.88 Å². The second-order valence-electron chi connectivity index (χ2n) is 6.92. The molecule has 4 aromatic rings. The quantitative estimate of drug-likeness (QED) is 0.544. The van der Waals surface area contributed by atoms with E-state index in [0.29, 0.717) is 17.0 Å². The van der Waals surface area contributed by atoms with Crippen LogP contribution in [0.25, 0.3) is 22.5 Å². The molecule has 0 saturated heterocycles. The molecule has 0 atom stereocenters. The van der Waals surface area contributed by atoms with Crippen LogP contribution in [-0.4, -0.2) is 21.0 Å². The number of aryl methyl sites for hydroxylation is 2. The molecule has 29 heavy (non-hydrogen) atoms. The Bertz CT molecular complexity index is 1120. The van der Waals surface area contributed by atoms with Gasteiger partial charge in [-0.1, -0.05) is 52.7 Å². The highest BCUT2D eigenvalue weighted by Crippen LogP contribution is 2.37. The van der Waals surface area contributed by atoms with Crippen molar-refractivity contribution < 1.29 is 9.32 Å². The van der Waals surface area contributed by atoms with Gasteiger partial charge in [0.15, 0.2) is 0 Å². The third-order valence-electron chi connectivity index (χ3n) is 4.49. The summed E-state index contributed by atoms with van der Waals surface area (Å²) in [4.78, 5) is 20.9. The van der Waals surface area contributed by atoms with Crippen LogP contribution in [0.1, 0.15) is 16.7 Å². The van der Waals surface area contributed by atoms with E-state index in [1.165, 1.54) is 6.33 Å². The van der Waals surface area contributed by atoms with Crippen LogP contribution in [0.5, 0.6) is 0 Å². The molecule has 2 aromatic heterocycles. The van der Waals surface area contributed by atoms with Crippen molar-refractivity contribution in [3.8, 4) is 22.5 Å². The fraction of sp³-hybridized carbons (Fsp3) is 0.130. The molecule has 1 amide bonds. The Hall–Kier alpha value is -3.80. The minimum Gasteiger partial charge on any atom is -0.337 e. The molecule has 6 heteroatoms. The van der Waals surface area contributed by atoms with Crippen LogP contribution in [0.2, 0.25) is 0 Å². The van der Waals surface area contributed by atoms with Crippen LogP contribution < -0.4 is 5.32 Å².